The molecular formula is C10H5F2N3. The third kappa shape index (κ3) is 1.57. The summed E-state index contributed by atoms with van der Waals surface area (Å²) in [4.78, 5) is 3.59. The molecular weight excluding hydrogens is 200 g/mol. The maximum Gasteiger partial charge on any atom is 0.174 e. The molecule has 0 N–H and O–H groups in total. The Hall–Kier alpha value is -2.22. The van der Waals surface area contributed by atoms with Crippen LogP contribution in [-0.4, -0.2) is 9.55 Å². The zero-order valence-electron chi connectivity index (χ0n) is 7.48. The minimum absolute atomic E-state index is 0.0852. The molecule has 0 fully saturated rings. The summed E-state index contributed by atoms with van der Waals surface area (Å²) in [5, 5.41) is 8.72. The van der Waals surface area contributed by atoms with E-state index in [1.807, 2.05) is 6.07 Å². The van der Waals surface area contributed by atoms with E-state index >= 15 is 0 Å². The number of rotatable bonds is 1. The molecule has 0 saturated heterocycles. The van der Waals surface area contributed by atoms with E-state index in [1.54, 1.807) is 6.07 Å². The molecule has 0 amide bonds. The third-order valence-electron chi connectivity index (χ3n) is 1.88. The van der Waals surface area contributed by atoms with E-state index in [9.17, 15) is 8.78 Å². The monoisotopic (exact) mass is 205 g/mol. The Morgan fingerprint density at radius 2 is 2.20 bits per heavy atom. The number of hydrogen-bond acceptors (Lipinski definition) is 2. The van der Waals surface area contributed by atoms with Crippen LogP contribution in [-0.2, 0) is 0 Å². The molecule has 0 radical (unpaired) electrons. The molecule has 3 nitrogen and oxygen atoms in total. The number of nitrogens with zero attached hydrogens (tertiary/aromatic N) is 3. The predicted octanol–water partition coefficient (Wildman–Crippen LogP) is 2.02. The first kappa shape index (κ1) is 9.34. The Balaban J connectivity index is 2.60. The molecule has 0 aliphatic rings. The molecule has 0 spiro atoms. The standard InChI is InChI=1S/C10H5F2N3/c11-7-4-9(12)10(14-6-7)15-3-1-2-8(15)5-13/h1-4,6H. The highest BCUT2D eigenvalue weighted by Gasteiger charge is 2.09. The quantitative estimate of drug-likeness (QED) is 0.714. The summed E-state index contributed by atoms with van der Waals surface area (Å²) in [6, 6.07) is 5.71. The Kier molecular flexibility index (Phi) is 2.18. The number of aromatic nitrogens is 2. The number of halogens is 2. The molecule has 74 valence electrons. The average molecular weight is 205 g/mol. The molecule has 0 aliphatic carbocycles. The summed E-state index contributed by atoms with van der Waals surface area (Å²) in [7, 11) is 0. The normalized spacial score (nSPS) is 9.93. The van der Waals surface area contributed by atoms with Crippen LogP contribution in [0.15, 0.2) is 30.6 Å². The molecule has 15 heavy (non-hydrogen) atoms. The molecule has 5 heteroatoms. The molecule has 0 bridgehead atoms. The van der Waals surface area contributed by atoms with Gasteiger partial charge in [0.2, 0.25) is 0 Å². The molecule has 2 aromatic rings. The fraction of sp³-hybridized carbons (Fsp3) is 0. The highest BCUT2D eigenvalue weighted by Crippen LogP contribution is 2.14. The van der Waals surface area contributed by atoms with Gasteiger partial charge in [-0.3, -0.25) is 4.57 Å². The van der Waals surface area contributed by atoms with Gasteiger partial charge in [0.1, 0.15) is 17.6 Å². The Morgan fingerprint density at radius 3 is 2.87 bits per heavy atom. The van der Waals surface area contributed by atoms with Crippen LogP contribution >= 0.6 is 0 Å². The second-order valence-electron chi connectivity index (χ2n) is 2.83. The van der Waals surface area contributed by atoms with Gasteiger partial charge in [-0.05, 0) is 12.1 Å². The molecule has 2 heterocycles. The summed E-state index contributed by atoms with van der Waals surface area (Å²) in [5.41, 5.74) is 0.244. The molecule has 0 aromatic carbocycles. The van der Waals surface area contributed by atoms with Gasteiger partial charge in [-0.15, -0.1) is 0 Å². The van der Waals surface area contributed by atoms with E-state index in [1.165, 1.54) is 16.8 Å². The lowest BCUT2D eigenvalue weighted by atomic mass is 10.4. The summed E-state index contributed by atoms with van der Waals surface area (Å²) in [6.07, 6.45) is 2.39. The molecule has 0 aliphatic heterocycles. The molecule has 0 saturated carbocycles. The van der Waals surface area contributed by atoms with E-state index in [0.29, 0.717) is 0 Å². The number of pyridine rings is 1. The predicted molar refractivity (Wildman–Crippen MR) is 48.2 cm³/mol. The van der Waals surface area contributed by atoms with Crippen molar-refractivity contribution in [2.45, 2.75) is 0 Å². The maximum absolute atomic E-state index is 13.3. The Labute approximate surface area is 84.2 Å². The van der Waals surface area contributed by atoms with Crippen LogP contribution < -0.4 is 0 Å². The van der Waals surface area contributed by atoms with E-state index < -0.39 is 11.6 Å². The second kappa shape index (κ2) is 3.50. The fourth-order valence-electron chi connectivity index (χ4n) is 1.24. The zero-order valence-corrected chi connectivity index (χ0v) is 7.48. The smallest absolute Gasteiger partial charge is 0.174 e. The summed E-state index contributed by atoms with van der Waals surface area (Å²) >= 11 is 0. The van der Waals surface area contributed by atoms with Crippen LogP contribution in [0.1, 0.15) is 5.69 Å². The van der Waals surface area contributed by atoms with Gasteiger partial charge in [0, 0.05) is 12.3 Å². The molecule has 2 rings (SSSR count). The SMILES string of the molecule is N#Cc1cccn1-c1ncc(F)cc1F. The van der Waals surface area contributed by atoms with E-state index in [0.717, 1.165) is 12.3 Å². The van der Waals surface area contributed by atoms with Crippen molar-refractivity contribution in [2.75, 3.05) is 0 Å². The van der Waals surface area contributed by atoms with Gasteiger partial charge in [-0.25, -0.2) is 13.8 Å². The van der Waals surface area contributed by atoms with Gasteiger partial charge in [0.05, 0.1) is 6.20 Å². The van der Waals surface area contributed by atoms with E-state index in [2.05, 4.69) is 4.98 Å². The van der Waals surface area contributed by atoms with Gasteiger partial charge in [-0.2, -0.15) is 5.26 Å². The van der Waals surface area contributed by atoms with Gasteiger partial charge in [0.25, 0.3) is 0 Å². The lowest BCUT2D eigenvalue weighted by Gasteiger charge is -2.04. The second-order valence-corrected chi connectivity index (χ2v) is 2.83. The fourth-order valence-corrected chi connectivity index (χ4v) is 1.24. The van der Waals surface area contributed by atoms with Crippen LogP contribution in [0.2, 0.25) is 0 Å². The highest BCUT2D eigenvalue weighted by atomic mass is 19.1. The van der Waals surface area contributed by atoms with E-state index in [4.69, 9.17) is 5.26 Å². The van der Waals surface area contributed by atoms with Crippen molar-refractivity contribution >= 4 is 0 Å². The molecule has 0 atom stereocenters. The Bertz CT molecular complexity index is 540. The first-order chi connectivity index (χ1) is 7.22. The average Bonchev–Trinajstić information content (AvgIpc) is 2.65. The van der Waals surface area contributed by atoms with Crippen molar-refractivity contribution in [1.29, 1.82) is 5.26 Å². The highest BCUT2D eigenvalue weighted by molar-refractivity contribution is 5.34. The van der Waals surface area contributed by atoms with Crippen molar-refractivity contribution in [3.63, 3.8) is 0 Å². The van der Waals surface area contributed by atoms with Crippen molar-refractivity contribution < 1.29 is 8.78 Å². The van der Waals surface area contributed by atoms with Gasteiger partial charge < -0.3 is 0 Å². The van der Waals surface area contributed by atoms with E-state index in [-0.39, 0.29) is 11.5 Å². The minimum Gasteiger partial charge on any atom is -0.290 e. The number of hydrogen-bond donors (Lipinski definition) is 0. The third-order valence-corrected chi connectivity index (χ3v) is 1.88. The van der Waals surface area contributed by atoms with Crippen LogP contribution in [0.4, 0.5) is 8.78 Å². The van der Waals surface area contributed by atoms with Gasteiger partial charge >= 0.3 is 0 Å². The van der Waals surface area contributed by atoms with Crippen molar-refractivity contribution in [3.05, 3.63) is 47.9 Å². The summed E-state index contributed by atoms with van der Waals surface area (Å²) in [6.45, 7) is 0. The first-order valence-electron chi connectivity index (χ1n) is 4.11. The topological polar surface area (TPSA) is 41.6 Å². The van der Waals surface area contributed by atoms with Crippen LogP contribution in [0, 0.1) is 23.0 Å². The van der Waals surface area contributed by atoms with Crippen LogP contribution in [0.5, 0.6) is 0 Å². The summed E-state index contributed by atoms with van der Waals surface area (Å²) in [5.74, 6) is -1.64. The first-order valence-corrected chi connectivity index (χ1v) is 4.11. The zero-order chi connectivity index (χ0) is 10.8. The van der Waals surface area contributed by atoms with Crippen molar-refractivity contribution in [2.24, 2.45) is 0 Å². The van der Waals surface area contributed by atoms with Gasteiger partial charge in [0.15, 0.2) is 11.6 Å². The van der Waals surface area contributed by atoms with Crippen molar-refractivity contribution in [3.8, 4) is 11.9 Å². The Morgan fingerprint density at radius 1 is 1.40 bits per heavy atom. The number of nitriles is 1. The van der Waals surface area contributed by atoms with Crippen molar-refractivity contribution in [1.82, 2.24) is 9.55 Å². The van der Waals surface area contributed by atoms with Gasteiger partial charge in [-0.1, -0.05) is 0 Å². The lowest BCUT2D eigenvalue weighted by molar-refractivity contribution is 0.565. The largest absolute Gasteiger partial charge is 0.290 e. The lowest BCUT2D eigenvalue weighted by Crippen LogP contribution is -2.02. The molecule has 0 unspecified atom stereocenters. The minimum atomic E-state index is -0.803. The molecule has 2 aromatic heterocycles. The van der Waals surface area contributed by atoms with Crippen LogP contribution in [0.3, 0.4) is 0 Å². The summed E-state index contributed by atoms with van der Waals surface area (Å²) < 4.78 is 27.2. The maximum atomic E-state index is 13.3. The van der Waals surface area contributed by atoms with Crippen LogP contribution in [0.25, 0.3) is 5.82 Å².